The van der Waals surface area contributed by atoms with E-state index in [-0.39, 0.29) is 111 Å². The van der Waals surface area contributed by atoms with Gasteiger partial charge in [-0.3, -0.25) is 53.4 Å². The highest BCUT2D eigenvalue weighted by Gasteiger charge is 2.45. The van der Waals surface area contributed by atoms with E-state index >= 15 is 0 Å². The molecule has 0 bridgehead atoms. The van der Waals surface area contributed by atoms with E-state index in [1.807, 2.05) is 48.7 Å². The Labute approximate surface area is 690 Å². The molecule has 644 valence electrons. The number of ether oxygens (including phenoxy) is 11. The Bertz CT molecular complexity index is 4330. The molecule has 36 nitrogen and oxygen atoms in total. The van der Waals surface area contributed by atoms with E-state index in [4.69, 9.17) is 52.1 Å². The fourth-order valence-electron chi connectivity index (χ4n) is 12.8. The Hall–Kier alpha value is -11.0. The predicted molar refractivity (Wildman–Crippen MR) is 435 cm³/mol. The molecule has 0 saturated carbocycles. The fourth-order valence-corrected chi connectivity index (χ4v) is 12.8. The van der Waals surface area contributed by atoms with E-state index < -0.39 is 78.0 Å². The molecule has 1 saturated heterocycles. The Morgan fingerprint density at radius 2 is 1.17 bits per heavy atom. The van der Waals surface area contributed by atoms with Gasteiger partial charge >= 0.3 is 6.09 Å². The van der Waals surface area contributed by atoms with Crippen molar-refractivity contribution in [2.24, 2.45) is 20.0 Å². The first-order valence-corrected chi connectivity index (χ1v) is 39.7. The van der Waals surface area contributed by atoms with Gasteiger partial charge in [-0.2, -0.15) is 0 Å². The van der Waals surface area contributed by atoms with E-state index in [1.54, 1.807) is 79.9 Å². The number of aromatic nitrogens is 3. The summed E-state index contributed by atoms with van der Waals surface area (Å²) >= 11 is 0. The summed E-state index contributed by atoms with van der Waals surface area (Å²) in [5, 5.41) is 42.4. The van der Waals surface area contributed by atoms with Crippen LogP contribution < -0.4 is 51.6 Å². The Morgan fingerprint density at radius 1 is 0.588 bits per heavy atom. The van der Waals surface area contributed by atoms with Crippen molar-refractivity contribution in [3.8, 4) is 22.6 Å². The molecule has 6 aromatic rings. The molecule has 0 aliphatic carbocycles. The maximum atomic E-state index is 14.4. The third-order valence-electron chi connectivity index (χ3n) is 19.1. The minimum atomic E-state index is -1.53. The van der Waals surface area contributed by atoms with E-state index in [0.29, 0.717) is 153 Å². The van der Waals surface area contributed by atoms with Crippen molar-refractivity contribution in [1.82, 2.24) is 39.9 Å². The van der Waals surface area contributed by atoms with Gasteiger partial charge in [-0.15, -0.1) is 0 Å². The zero-order valence-corrected chi connectivity index (χ0v) is 68.0. The number of aryl methyl sites for hydroxylation is 2. The highest BCUT2D eigenvalue weighted by atomic mass is 16.6. The van der Waals surface area contributed by atoms with Gasteiger partial charge in [-0.05, 0) is 98.2 Å². The lowest BCUT2D eigenvalue weighted by molar-refractivity contribution is -0.137. The van der Waals surface area contributed by atoms with Crippen molar-refractivity contribution in [2.75, 3.05) is 165 Å². The van der Waals surface area contributed by atoms with Gasteiger partial charge in [-0.25, -0.2) is 14.7 Å². The quantitative estimate of drug-likeness (QED) is 0.0129. The number of hydrogen-bond acceptors (Lipinski definition) is 25. The molecule has 3 aliphatic rings. The second kappa shape index (κ2) is 48.1. The number of methoxy groups -OCH3 is 1. The van der Waals surface area contributed by atoms with Gasteiger partial charge < -0.3 is 108 Å². The highest BCUT2D eigenvalue weighted by Crippen LogP contribution is 2.41. The summed E-state index contributed by atoms with van der Waals surface area (Å²) in [5.74, 6) is -3.59. The number of nitrogens with one attached hydrogen (secondary N) is 7. The SMILES string of the molecule is COc1cc2c(cc1OCCCC(=O)Nc1cn(C)c(C(=O)Nc3ccc(-c4cc(C(=O)Nc5ccccc5)n(C)c4)cc3)n1)N(C(=O)OCc1ccc(NC(=O)[C@H](C)NC(=O)[C@@H](NC(O)CCOCCOCCOCCOCCOCCOCCOCCOCCNC(=O)CCN3C(=O)C=CC3=O)C(C)C)cc1)[C@@H](O)[C@@H]1CCCCN1C2=O. The topological polar surface area (TPSA) is 429 Å². The van der Waals surface area contributed by atoms with Crippen molar-refractivity contribution < 1.29 is 110 Å². The highest BCUT2D eigenvalue weighted by molar-refractivity contribution is 6.13. The Kier molecular flexibility index (Phi) is 37.2. The molecule has 119 heavy (non-hydrogen) atoms. The van der Waals surface area contributed by atoms with Gasteiger partial charge in [0, 0.05) is 106 Å². The molecule has 1 unspecified atom stereocenters. The van der Waals surface area contributed by atoms with Crippen molar-refractivity contribution >= 4 is 87.8 Å². The average molecular weight is 1660 g/mol. The van der Waals surface area contributed by atoms with Crippen LogP contribution in [0.4, 0.5) is 33.4 Å². The number of carbonyl (C=O) groups is 10. The lowest BCUT2D eigenvalue weighted by atomic mass is 10.0. The summed E-state index contributed by atoms with van der Waals surface area (Å²) in [4.78, 5) is 138. The fraction of sp³-hybridized carbons (Fsp3) is 0.482. The molecule has 36 heteroatoms. The lowest BCUT2D eigenvalue weighted by Crippen LogP contribution is -2.55. The van der Waals surface area contributed by atoms with E-state index in [0.717, 1.165) is 20.9 Å². The largest absolute Gasteiger partial charge is 0.493 e. The third-order valence-corrected chi connectivity index (χ3v) is 19.1. The molecule has 5 heterocycles. The molecule has 4 aromatic carbocycles. The second-order valence-electron chi connectivity index (χ2n) is 28.3. The molecule has 0 radical (unpaired) electrons. The summed E-state index contributed by atoms with van der Waals surface area (Å²) in [5.41, 5.74) is 4.23. The van der Waals surface area contributed by atoms with Gasteiger partial charge in [0.05, 0.1) is 143 Å². The molecule has 9 N–H and O–H groups in total. The van der Waals surface area contributed by atoms with Crippen molar-refractivity contribution in [3.63, 3.8) is 0 Å². The number of nitrogens with zero attached hydrogens (tertiary/aromatic N) is 6. The number of benzene rings is 4. The van der Waals surface area contributed by atoms with E-state index in [2.05, 4.69) is 42.2 Å². The minimum absolute atomic E-state index is 0.0121. The van der Waals surface area contributed by atoms with Gasteiger partial charge in [0.1, 0.15) is 24.6 Å². The maximum absolute atomic E-state index is 14.4. The number of piperidine rings is 1. The molecule has 9 rings (SSSR count). The average Bonchev–Trinajstić information content (AvgIpc) is 1.63. The van der Waals surface area contributed by atoms with Gasteiger partial charge in [0.15, 0.2) is 23.5 Å². The van der Waals surface area contributed by atoms with Crippen LogP contribution in [0.1, 0.15) is 103 Å². The molecule has 10 amide bonds. The number of fused-ring (bicyclic) bond motifs is 2. The molecule has 1 fully saturated rings. The first-order valence-electron chi connectivity index (χ1n) is 39.7. The zero-order valence-electron chi connectivity index (χ0n) is 68.0. The van der Waals surface area contributed by atoms with Crippen molar-refractivity contribution in [1.29, 1.82) is 0 Å². The van der Waals surface area contributed by atoms with Gasteiger partial charge in [-0.1, -0.05) is 56.3 Å². The number of rotatable bonds is 51. The van der Waals surface area contributed by atoms with Crippen LogP contribution in [0.5, 0.6) is 11.5 Å². The normalized spacial score (nSPS) is 15.2. The first-order chi connectivity index (χ1) is 57.5. The van der Waals surface area contributed by atoms with Crippen LogP contribution in [-0.2, 0) is 92.1 Å². The van der Waals surface area contributed by atoms with Crippen LogP contribution in [0.15, 0.2) is 122 Å². The van der Waals surface area contributed by atoms with E-state index in [1.165, 1.54) is 49.1 Å². The minimum Gasteiger partial charge on any atom is -0.493 e. The number of hydrogen-bond donors (Lipinski definition) is 9. The summed E-state index contributed by atoms with van der Waals surface area (Å²) in [6.07, 6.45) is 4.24. The Morgan fingerprint density at radius 3 is 1.78 bits per heavy atom. The van der Waals surface area contributed by atoms with Gasteiger partial charge in [0.2, 0.25) is 29.5 Å². The molecule has 3 aliphatic heterocycles. The van der Waals surface area contributed by atoms with E-state index in [9.17, 15) is 58.2 Å². The molecular weight excluding hydrogens is 1550 g/mol. The molecule has 5 atom stereocenters. The van der Waals surface area contributed by atoms with Crippen molar-refractivity contribution in [3.05, 3.63) is 144 Å². The first kappa shape index (κ1) is 91.9. The van der Waals surface area contributed by atoms with Crippen LogP contribution in [0.25, 0.3) is 11.1 Å². The number of amides is 10. The number of carbonyl (C=O) groups excluding carboxylic acids is 10. The predicted octanol–water partition coefficient (Wildman–Crippen LogP) is 5.54. The lowest BCUT2D eigenvalue weighted by Gasteiger charge is -2.38. The second-order valence-corrected chi connectivity index (χ2v) is 28.3. The number of anilines is 5. The molecular formula is C83H109N13O23. The van der Waals surface area contributed by atoms with Crippen LogP contribution in [0.3, 0.4) is 0 Å². The van der Waals surface area contributed by atoms with Crippen molar-refractivity contribution in [2.45, 2.75) is 103 Å². The maximum Gasteiger partial charge on any atom is 0.416 e. The van der Waals surface area contributed by atoms with Crippen LogP contribution in [0.2, 0.25) is 0 Å². The third kappa shape index (κ3) is 28.9. The Balaban J connectivity index is 0.613. The molecule has 0 spiro atoms. The summed E-state index contributed by atoms with van der Waals surface area (Å²) in [6.45, 7) is 11.1. The summed E-state index contributed by atoms with van der Waals surface area (Å²) in [7, 11) is 4.81. The standard InChI is InChI=1S/C83H109N13O23/c1-55(2)75(91-72(99)28-33-110-35-37-112-39-41-114-43-45-116-47-48-117-46-44-115-42-40-113-38-36-111-34-29-84-70(97)27-31-95-73(100)25-26-74(95)101)79(104)85-56(3)77(102)86-61-21-17-57(18-22-61)54-119-83(108)96-65-51-68(67(109-6)50-63(65)81(106)94-30-11-10-15-64(94)82(96)107)118-32-12-16-71(98)89-69-53-93(5)76(90-69)80(105)88-62-23-19-58(20-24-62)59-49-66(92(4)52-59)78(103)87-60-13-8-7-9-14-60/h7-9,13-14,17-26,49-53,55-56,64,72,75,82,91,99,107H,10-12,15-16,27-48,54H2,1-6H3,(H,84,97)(H,85,104)(H,86,102)(H,87,103)(H,88,105)(H,89,98)/t56-,64-,72?,75-,82-/m0/s1. The van der Waals surface area contributed by atoms with Gasteiger partial charge in [0.25, 0.3) is 29.5 Å². The van der Waals surface area contributed by atoms with Crippen LogP contribution in [0, 0.1) is 5.92 Å². The summed E-state index contributed by atoms with van der Waals surface area (Å²) in [6, 6.07) is 24.8. The molecule has 2 aromatic heterocycles. The van der Waals surface area contributed by atoms with Crippen LogP contribution >= 0.6 is 0 Å². The number of imidazole rings is 1. The number of para-hydroxylation sites is 1. The summed E-state index contributed by atoms with van der Waals surface area (Å²) < 4.78 is 65.1. The zero-order chi connectivity index (χ0) is 85.0. The van der Waals surface area contributed by atoms with Crippen LogP contribution in [-0.4, -0.2) is 263 Å². The monoisotopic (exact) mass is 1660 g/mol. The number of imide groups is 1. The number of aliphatic hydroxyl groups excluding tert-OH is 2. The number of aliphatic hydroxyl groups is 2. The smallest absolute Gasteiger partial charge is 0.416 e.